The monoisotopic (exact) mass is 500 g/mol. The number of hydrogen-bond acceptors (Lipinski definition) is 7. The lowest BCUT2D eigenvalue weighted by molar-refractivity contribution is -0.147. The number of benzene rings is 1. The third-order valence-electron chi connectivity index (χ3n) is 4.27. The van der Waals surface area contributed by atoms with E-state index in [1.807, 2.05) is 0 Å². The molecule has 1 rings (SSSR count). The molecule has 10 heteroatoms. The van der Waals surface area contributed by atoms with Gasteiger partial charge in [0.1, 0.15) is 30.9 Å². The van der Waals surface area contributed by atoms with Crippen LogP contribution in [-0.4, -0.2) is 46.9 Å². The number of alkyl carbamates (subject to hydrolysis) is 2. The van der Waals surface area contributed by atoms with Gasteiger partial charge in [-0.1, -0.05) is 18.2 Å². The molecule has 0 radical (unpaired) electrons. The van der Waals surface area contributed by atoms with Crippen LogP contribution in [0.3, 0.4) is 0 Å². The Morgan fingerprint density at radius 2 is 1.42 bits per heavy atom. The zero-order chi connectivity index (χ0) is 27.1. The molecule has 36 heavy (non-hydrogen) atoms. The van der Waals surface area contributed by atoms with Gasteiger partial charge in [-0.25, -0.2) is 19.2 Å². The summed E-state index contributed by atoms with van der Waals surface area (Å²) in [4.78, 5) is 47.8. The van der Waals surface area contributed by atoms with Gasteiger partial charge in [0.15, 0.2) is 0 Å². The molecule has 2 atom stereocenters. The molecule has 0 heterocycles. The molecule has 3 N–H and O–H groups in total. The standard InChI is InChI=1S/C26H32N2O8/c1-6-8-13-20(22(29)30)27-24(32)35-17-19-12-10-11-18(15-19)16-34-23(31)21(14-9-7-2)28-25(33)36-26(3,4)5/h10-12,15,20-21H,13-14,16-17H2,1-5H3,(H,27,32)(H,28,33)(H,29,30)/t20-,21-/m1/s1. The summed E-state index contributed by atoms with van der Waals surface area (Å²) >= 11 is 0. The van der Waals surface area contributed by atoms with Gasteiger partial charge in [-0.3, -0.25) is 0 Å². The van der Waals surface area contributed by atoms with Gasteiger partial charge < -0.3 is 30.0 Å². The van der Waals surface area contributed by atoms with Crippen LogP contribution in [0.15, 0.2) is 24.3 Å². The van der Waals surface area contributed by atoms with Crippen molar-refractivity contribution in [2.75, 3.05) is 0 Å². The Balaban J connectivity index is 2.69. The van der Waals surface area contributed by atoms with E-state index in [2.05, 4.69) is 34.3 Å². The molecule has 1 aromatic rings. The molecule has 0 fully saturated rings. The molecular weight excluding hydrogens is 468 g/mol. The molecule has 0 saturated carbocycles. The maximum atomic E-state index is 12.6. The van der Waals surface area contributed by atoms with Gasteiger partial charge in [0, 0.05) is 12.8 Å². The van der Waals surface area contributed by atoms with Gasteiger partial charge in [-0.2, -0.15) is 0 Å². The minimum Gasteiger partial charge on any atom is -0.480 e. The predicted octanol–water partition coefficient (Wildman–Crippen LogP) is 3.13. The number of carbonyl (C=O) groups is 4. The van der Waals surface area contributed by atoms with Crippen LogP contribution < -0.4 is 10.6 Å². The summed E-state index contributed by atoms with van der Waals surface area (Å²) in [5.74, 6) is 8.68. The van der Waals surface area contributed by atoms with E-state index in [-0.39, 0.29) is 26.1 Å². The summed E-state index contributed by atoms with van der Waals surface area (Å²) in [6, 6.07) is 4.57. The highest BCUT2D eigenvalue weighted by molar-refractivity contribution is 5.82. The highest BCUT2D eigenvalue weighted by atomic mass is 16.6. The number of nitrogens with one attached hydrogen (secondary N) is 2. The van der Waals surface area contributed by atoms with E-state index in [0.29, 0.717) is 11.1 Å². The normalized spacial score (nSPS) is 11.8. The van der Waals surface area contributed by atoms with Crippen molar-refractivity contribution in [1.82, 2.24) is 10.6 Å². The van der Waals surface area contributed by atoms with Crippen molar-refractivity contribution in [3.63, 3.8) is 0 Å². The number of amides is 2. The lowest BCUT2D eigenvalue weighted by Crippen LogP contribution is -2.44. The van der Waals surface area contributed by atoms with Crippen molar-refractivity contribution in [2.24, 2.45) is 0 Å². The number of esters is 1. The number of hydrogen-bond donors (Lipinski definition) is 3. The SMILES string of the molecule is CC#CC[C@@H](NC(=O)OCc1cccc(COC(=O)[C@@H](CC#CC)NC(=O)OC(C)(C)C)c1)C(=O)O. The summed E-state index contributed by atoms with van der Waals surface area (Å²) in [6.07, 6.45) is -1.65. The topological polar surface area (TPSA) is 140 Å². The second-order valence-corrected chi connectivity index (χ2v) is 8.50. The fraction of sp³-hybridized carbons (Fsp3) is 0.462. The Morgan fingerprint density at radius 3 is 1.94 bits per heavy atom. The van der Waals surface area contributed by atoms with Crippen LogP contribution in [0.2, 0.25) is 0 Å². The zero-order valence-electron chi connectivity index (χ0n) is 21.1. The molecule has 0 aliphatic heterocycles. The Labute approximate surface area is 211 Å². The largest absolute Gasteiger partial charge is 0.480 e. The molecule has 0 saturated heterocycles. The first-order chi connectivity index (χ1) is 16.9. The molecule has 0 aliphatic carbocycles. The van der Waals surface area contributed by atoms with Crippen molar-refractivity contribution in [1.29, 1.82) is 0 Å². The Morgan fingerprint density at radius 1 is 0.889 bits per heavy atom. The van der Waals surface area contributed by atoms with Crippen LogP contribution in [0.25, 0.3) is 0 Å². The molecule has 0 bridgehead atoms. The van der Waals surface area contributed by atoms with Crippen LogP contribution in [0.5, 0.6) is 0 Å². The molecule has 0 aliphatic rings. The molecule has 1 aromatic carbocycles. The highest BCUT2D eigenvalue weighted by Crippen LogP contribution is 2.11. The summed E-state index contributed by atoms with van der Waals surface area (Å²) in [7, 11) is 0. The molecule has 10 nitrogen and oxygen atoms in total. The number of rotatable bonds is 10. The van der Waals surface area contributed by atoms with E-state index < -0.39 is 41.8 Å². The van der Waals surface area contributed by atoms with Gasteiger partial charge >= 0.3 is 24.1 Å². The van der Waals surface area contributed by atoms with Crippen molar-refractivity contribution in [3.8, 4) is 23.7 Å². The second kappa shape index (κ2) is 14.9. The van der Waals surface area contributed by atoms with E-state index in [0.717, 1.165) is 0 Å². The minimum absolute atomic E-state index is 0.0462. The number of carbonyl (C=O) groups excluding carboxylic acids is 3. The van der Waals surface area contributed by atoms with Crippen LogP contribution in [-0.2, 0) is 37.0 Å². The zero-order valence-corrected chi connectivity index (χ0v) is 21.1. The van der Waals surface area contributed by atoms with E-state index in [9.17, 15) is 19.2 Å². The summed E-state index contributed by atoms with van der Waals surface area (Å²) in [5.41, 5.74) is 0.482. The number of carboxylic acid groups (broad SMARTS) is 1. The Bertz CT molecular complexity index is 1050. The first kappa shape index (κ1) is 29.9. The minimum atomic E-state index is -1.22. The first-order valence-electron chi connectivity index (χ1n) is 11.1. The number of aliphatic carboxylic acids is 1. The highest BCUT2D eigenvalue weighted by Gasteiger charge is 2.25. The van der Waals surface area contributed by atoms with E-state index in [1.54, 1.807) is 58.9 Å². The third kappa shape index (κ3) is 12.3. The Kier molecular flexibility index (Phi) is 12.4. The van der Waals surface area contributed by atoms with Crippen molar-refractivity contribution in [2.45, 2.75) is 78.4 Å². The summed E-state index contributed by atoms with van der Waals surface area (Å²) in [6.45, 7) is 8.08. The lowest BCUT2D eigenvalue weighted by Gasteiger charge is -2.22. The van der Waals surface area contributed by atoms with Gasteiger partial charge in [0.05, 0.1) is 0 Å². The van der Waals surface area contributed by atoms with Gasteiger partial charge in [-0.05, 0) is 51.8 Å². The molecule has 0 aromatic heterocycles. The van der Waals surface area contributed by atoms with E-state index in [4.69, 9.17) is 19.3 Å². The Hall–Kier alpha value is -4.18. The summed E-state index contributed by atoms with van der Waals surface area (Å²) < 4.78 is 15.6. The molecular formula is C26H32N2O8. The average molecular weight is 501 g/mol. The molecule has 0 unspecified atom stereocenters. The van der Waals surface area contributed by atoms with Gasteiger partial charge in [0.25, 0.3) is 0 Å². The predicted molar refractivity (Wildman–Crippen MR) is 130 cm³/mol. The molecule has 0 spiro atoms. The van der Waals surface area contributed by atoms with Gasteiger partial charge in [-0.15, -0.1) is 23.7 Å². The van der Waals surface area contributed by atoms with Crippen LogP contribution in [0.4, 0.5) is 9.59 Å². The van der Waals surface area contributed by atoms with Gasteiger partial charge in [0.2, 0.25) is 0 Å². The maximum Gasteiger partial charge on any atom is 0.408 e. The van der Waals surface area contributed by atoms with E-state index >= 15 is 0 Å². The van der Waals surface area contributed by atoms with Crippen molar-refractivity contribution in [3.05, 3.63) is 35.4 Å². The molecule has 2 amide bonds. The van der Waals surface area contributed by atoms with Crippen LogP contribution in [0, 0.1) is 23.7 Å². The third-order valence-corrected chi connectivity index (χ3v) is 4.27. The number of carboxylic acids is 1. The van der Waals surface area contributed by atoms with E-state index in [1.165, 1.54) is 0 Å². The fourth-order valence-corrected chi connectivity index (χ4v) is 2.65. The smallest absolute Gasteiger partial charge is 0.408 e. The molecule has 194 valence electrons. The van der Waals surface area contributed by atoms with Crippen molar-refractivity contribution >= 4 is 24.1 Å². The quantitative estimate of drug-likeness (QED) is 0.253. The number of ether oxygens (including phenoxy) is 3. The van der Waals surface area contributed by atoms with Crippen LogP contribution in [0.1, 0.15) is 58.6 Å². The second-order valence-electron chi connectivity index (χ2n) is 8.50. The summed E-state index contributed by atoms with van der Waals surface area (Å²) in [5, 5.41) is 13.9. The fourth-order valence-electron chi connectivity index (χ4n) is 2.65. The first-order valence-corrected chi connectivity index (χ1v) is 11.1. The van der Waals surface area contributed by atoms with Crippen molar-refractivity contribution < 1.29 is 38.5 Å². The lowest BCUT2D eigenvalue weighted by atomic mass is 10.1. The average Bonchev–Trinajstić information content (AvgIpc) is 2.80. The van der Waals surface area contributed by atoms with Crippen LogP contribution >= 0.6 is 0 Å². The maximum absolute atomic E-state index is 12.6.